The van der Waals surface area contributed by atoms with Crippen LogP contribution in [0.5, 0.6) is 5.75 Å². The number of nitrogens with one attached hydrogen (secondary N) is 1. The molecule has 38 heavy (non-hydrogen) atoms. The molecule has 194 valence electrons. The Morgan fingerprint density at radius 2 is 1.84 bits per heavy atom. The minimum Gasteiger partial charge on any atom is -0.478 e. The number of ether oxygens (including phenoxy) is 1. The molecule has 0 amide bonds. The Morgan fingerprint density at radius 3 is 2.61 bits per heavy atom. The van der Waals surface area contributed by atoms with Gasteiger partial charge in [0, 0.05) is 28.0 Å². The molecule has 7 nitrogen and oxygen atoms in total. The molecule has 0 aliphatic heterocycles. The minimum atomic E-state index is -3.77. The molecule has 11 heteroatoms. The first-order valence-electron chi connectivity index (χ1n) is 11.3. The maximum Gasteiger partial charge on any atom is 0.261 e. The lowest BCUT2D eigenvalue weighted by Gasteiger charge is -2.18. The zero-order chi connectivity index (χ0) is 27.0. The Morgan fingerprint density at radius 1 is 1.08 bits per heavy atom. The summed E-state index contributed by atoms with van der Waals surface area (Å²) in [6.45, 7) is 1.65. The second kappa shape index (κ2) is 10.2. The third-order valence-electron chi connectivity index (χ3n) is 5.86. The molecule has 0 fully saturated rings. The quantitative estimate of drug-likeness (QED) is 0.196. The molecule has 0 bridgehead atoms. The van der Waals surface area contributed by atoms with Crippen molar-refractivity contribution in [2.75, 3.05) is 10.5 Å². The van der Waals surface area contributed by atoms with Crippen molar-refractivity contribution in [2.24, 2.45) is 0 Å². The van der Waals surface area contributed by atoms with E-state index in [9.17, 15) is 12.8 Å². The van der Waals surface area contributed by atoms with E-state index in [1.165, 1.54) is 36.7 Å². The average molecular weight is 572 g/mol. The molecule has 0 saturated heterocycles. The molecule has 0 aliphatic rings. The van der Waals surface area contributed by atoms with E-state index in [1.807, 2.05) is 0 Å². The normalized spacial score (nSPS) is 12.4. The third-order valence-corrected chi connectivity index (χ3v) is 7.97. The summed E-state index contributed by atoms with van der Waals surface area (Å²) in [7, 11) is -3.77. The Bertz CT molecular complexity index is 1760. The van der Waals surface area contributed by atoms with E-state index in [2.05, 4.69) is 9.71 Å². The van der Waals surface area contributed by atoms with Crippen LogP contribution in [0.4, 0.5) is 15.9 Å². The first kappa shape index (κ1) is 25.8. The minimum absolute atomic E-state index is 0.0540. The van der Waals surface area contributed by atoms with Gasteiger partial charge in [-0.1, -0.05) is 53.5 Å². The van der Waals surface area contributed by atoms with Crippen LogP contribution in [0.15, 0.2) is 88.5 Å². The molecule has 3 N–H and O–H groups in total. The van der Waals surface area contributed by atoms with Gasteiger partial charge in [-0.05, 0) is 48.9 Å². The molecule has 5 rings (SSSR count). The number of fused-ring (bicyclic) bond motifs is 1. The first-order chi connectivity index (χ1) is 18.2. The molecule has 0 saturated carbocycles. The molecule has 0 aliphatic carbocycles. The van der Waals surface area contributed by atoms with Gasteiger partial charge < -0.3 is 14.9 Å². The van der Waals surface area contributed by atoms with Crippen LogP contribution in [0.25, 0.3) is 22.1 Å². The summed E-state index contributed by atoms with van der Waals surface area (Å²) in [6, 6.07) is 17.5. The van der Waals surface area contributed by atoms with Crippen LogP contribution in [-0.4, -0.2) is 13.4 Å². The van der Waals surface area contributed by atoms with E-state index in [4.69, 9.17) is 38.1 Å². The molecule has 5 aromatic rings. The number of nitrogens with two attached hydrogens (primary N) is 1. The van der Waals surface area contributed by atoms with E-state index >= 15 is 0 Å². The molecule has 1 atom stereocenters. The Hall–Kier alpha value is -3.79. The highest BCUT2D eigenvalue weighted by Gasteiger charge is 2.23. The molecule has 1 unspecified atom stereocenters. The van der Waals surface area contributed by atoms with Crippen LogP contribution in [0.3, 0.4) is 0 Å². The Labute approximate surface area is 228 Å². The molecule has 0 spiro atoms. The number of aromatic nitrogens is 1. The number of halogens is 3. The summed E-state index contributed by atoms with van der Waals surface area (Å²) in [6.07, 6.45) is 2.24. The van der Waals surface area contributed by atoms with Crippen LogP contribution in [0, 0.1) is 5.82 Å². The van der Waals surface area contributed by atoms with Gasteiger partial charge in [0.05, 0.1) is 21.6 Å². The van der Waals surface area contributed by atoms with Gasteiger partial charge in [0.15, 0.2) is 11.4 Å². The van der Waals surface area contributed by atoms with Gasteiger partial charge in [0.1, 0.15) is 11.9 Å². The zero-order valence-corrected chi connectivity index (χ0v) is 22.1. The summed E-state index contributed by atoms with van der Waals surface area (Å²) >= 11 is 12.4. The fraction of sp³-hybridized carbons (Fsp3) is 0.0741. The van der Waals surface area contributed by atoms with Crippen LogP contribution in [0.2, 0.25) is 10.0 Å². The van der Waals surface area contributed by atoms with Crippen molar-refractivity contribution in [3.8, 4) is 16.9 Å². The molecular formula is C27H20Cl2FN3O4S. The van der Waals surface area contributed by atoms with Crippen molar-refractivity contribution >= 4 is 55.7 Å². The lowest BCUT2D eigenvalue weighted by molar-refractivity contribution is 0.227. The average Bonchev–Trinajstić information content (AvgIpc) is 3.33. The first-order valence-corrected chi connectivity index (χ1v) is 13.5. The topological polar surface area (TPSA) is 107 Å². The Balaban J connectivity index is 1.49. The second-order valence-corrected chi connectivity index (χ2v) is 10.8. The van der Waals surface area contributed by atoms with Crippen LogP contribution in [0.1, 0.15) is 18.6 Å². The number of furan rings is 1. The zero-order valence-electron chi connectivity index (χ0n) is 19.8. The number of anilines is 2. The summed E-state index contributed by atoms with van der Waals surface area (Å²) in [5.74, 6) is -0.439. The molecule has 2 heterocycles. The van der Waals surface area contributed by atoms with Crippen molar-refractivity contribution in [3.05, 3.63) is 101 Å². The molecule has 0 radical (unpaired) electrons. The highest BCUT2D eigenvalue weighted by atomic mass is 35.5. The Kier molecular flexibility index (Phi) is 6.92. The standard InChI is InChI=1S/C27H20Cl2FN3O4S/c1-15(23-21(28)10-11-22(30)24(23)29)37-26-25-19(13-32-27(26)31)20(14-36-25)16-6-5-7-17(12-16)33-38(34,35)18-8-3-2-4-9-18/h2-15,33H,1H3,(H2,31,32). The maximum atomic E-state index is 14.1. The van der Waals surface area contributed by atoms with E-state index in [0.29, 0.717) is 27.8 Å². The van der Waals surface area contributed by atoms with Crippen molar-refractivity contribution < 1.29 is 22.0 Å². The van der Waals surface area contributed by atoms with Crippen molar-refractivity contribution in [3.63, 3.8) is 0 Å². The number of benzene rings is 3. The number of hydrogen-bond acceptors (Lipinski definition) is 6. The number of nitrogen functional groups attached to an aromatic ring is 1. The van der Waals surface area contributed by atoms with E-state index in [-0.39, 0.29) is 32.1 Å². The predicted molar refractivity (Wildman–Crippen MR) is 147 cm³/mol. The van der Waals surface area contributed by atoms with Gasteiger partial charge in [-0.15, -0.1) is 0 Å². The fourth-order valence-corrected chi connectivity index (χ4v) is 5.78. The number of hydrogen-bond donors (Lipinski definition) is 2. The maximum absolute atomic E-state index is 14.1. The molecule has 3 aromatic carbocycles. The monoisotopic (exact) mass is 571 g/mol. The lowest BCUT2D eigenvalue weighted by atomic mass is 10.1. The molecule has 2 aromatic heterocycles. The highest BCUT2D eigenvalue weighted by molar-refractivity contribution is 7.92. The van der Waals surface area contributed by atoms with Gasteiger partial charge in [-0.2, -0.15) is 0 Å². The number of nitrogens with zero attached hydrogens (tertiary/aromatic N) is 1. The SMILES string of the molecule is CC(Oc1c(N)ncc2c(-c3cccc(NS(=O)(=O)c4ccccc4)c3)coc12)c1c(Cl)ccc(F)c1Cl. The second-order valence-electron chi connectivity index (χ2n) is 8.38. The van der Waals surface area contributed by atoms with E-state index in [1.54, 1.807) is 49.4 Å². The van der Waals surface area contributed by atoms with Crippen LogP contribution >= 0.6 is 23.2 Å². The summed E-state index contributed by atoms with van der Waals surface area (Å²) in [5.41, 5.74) is 8.33. The van der Waals surface area contributed by atoms with Gasteiger partial charge in [-0.25, -0.2) is 17.8 Å². The van der Waals surface area contributed by atoms with Gasteiger partial charge in [0.25, 0.3) is 10.0 Å². The highest BCUT2D eigenvalue weighted by Crippen LogP contribution is 2.42. The van der Waals surface area contributed by atoms with Gasteiger partial charge in [0.2, 0.25) is 5.75 Å². The van der Waals surface area contributed by atoms with Crippen LogP contribution in [-0.2, 0) is 10.0 Å². The smallest absolute Gasteiger partial charge is 0.261 e. The summed E-state index contributed by atoms with van der Waals surface area (Å²) in [4.78, 5) is 4.38. The predicted octanol–water partition coefficient (Wildman–Crippen LogP) is 7.46. The van der Waals surface area contributed by atoms with Crippen molar-refractivity contribution in [1.29, 1.82) is 0 Å². The van der Waals surface area contributed by atoms with Gasteiger partial charge in [-0.3, -0.25) is 4.72 Å². The molecular weight excluding hydrogens is 552 g/mol. The third kappa shape index (κ3) is 4.88. The number of rotatable bonds is 7. The van der Waals surface area contributed by atoms with Gasteiger partial charge >= 0.3 is 0 Å². The summed E-state index contributed by atoms with van der Waals surface area (Å²) in [5, 5.41) is 0.650. The lowest BCUT2D eigenvalue weighted by Crippen LogP contribution is -2.12. The van der Waals surface area contributed by atoms with Crippen LogP contribution < -0.4 is 15.2 Å². The number of pyridine rings is 1. The largest absolute Gasteiger partial charge is 0.478 e. The summed E-state index contributed by atoms with van der Waals surface area (Å²) < 4.78 is 54.1. The van der Waals surface area contributed by atoms with E-state index < -0.39 is 21.9 Å². The van der Waals surface area contributed by atoms with E-state index in [0.717, 1.165) is 0 Å². The van der Waals surface area contributed by atoms with Crippen molar-refractivity contribution in [2.45, 2.75) is 17.9 Å². The number of sulfonamides is 1. The van der Waals surface area contributed by atoms with Crippen molar-refractivity contribution in [1.82, 2.24) is 4.98 Å². The fourth-order valence-electron chi connectivity index (χ4n) is 4.03.